The fourth-order valence-corrected chi connectivity index (χ4v) is 3.19. The van der Waals surface area contributed by atoms with Gasteiger partial charge in [-0.05, 0) is 24.6 Å². The molecule has 0 saturated heterocycles. The van der Waals surface area contributed by atoms with Crippen molar-refractivity contribution in [3.63, 3.8) is 0 Å². The van der Waals surface area contributed by atoms with Gasteiger partial charge in [-0.25, -0.2) is 13.8 Å². The Bertz CT molecular complexity index is 897. The molecule has 0 aliphatic carbocycles. The Morgan fingerprint density at radius 2 is 1.96 bits per heavy atom. The van der Waals surface area contributed by atoms with E-state index in [1.165, 1.54) is 11.3 Å². The minimum Gasteiger partial charge on any atom is -0.481 e. The lowest BCUT2D eigenvalue weighted by molar-refractivity contribution is -0.118. The number of halogens is 2. The van der Waals surface area contributed by atoms with E-state index < -0.39 is 24.1 Å². The van der Waals surface area contributed by atoms with Crippen molar-refractivity contribution in [2.24, 2.45) is 0 Å². The number of aryl methyl sites for hydroxylation is 1. The highest BCUT2D eigenvalue weighted by Gasteiger charge is 2.13. The SMILES string of the molecule is Cc1nc(NC(=O)COc2ccc(F)cc2F)sc1-c1ccccc1. The van der Waals surface area contributed by atoms with Crippen LogP contribution >= 0.6 is 11.3 Å². The number of anilines is 1. The molecular weight excluding hydrogens is 346 g/mol. The van der Waals surface area contributed by atoms with Crippen molar-refractivity contribution < 1.29 is 18.3 Å². The second-order valence-electron chi connectivity index (χ2n) is 5.21. The highest BCUT2D eigenvalue weighted by molar-refractivity contribution is 7.19. The fraction of sp³-hybridized carbons (Fsp3) is 0.111. The molecule has 0 bridgehead atoms. The molecule has 0 unspecified atom stereocenters. The average molecular weight is 360 g/mol. The number of nitrogens with one attached hydrogen (secondary N) is 1. The third-order valence-corrected chi connectivity index (χ3v) is 4.45. The molecule has 3 rings (SSSR count). The molecule has 1 N–H and O–H groups in total. The van der Waals surface area contributed by atoms with E-state index >= 15 is 0 Å². The molecule has 0 saturated carbocycles. The van der Waals surface area contributed by atoms with Crippen LogP contribution in [0.3, 0.4) is 0 Å². The van der Waals surface area contributed by atoms with Crippen LogP contribution in [0.2, 0.25) is 0 Å². The topological polar surface area (TPSA) is 51.2 Å². The van der Waals surface area contributed by atoms with E-state index in [2.05, 4.69) is 10.3 Å². The first-order valence-electron chi connectivity index (χ1n) is 7.43. The summed E-state index contributed by atoms with van der Waals surface area (Å²) >= 11 is 1.35. The summed E-state index contributed by atoms with van der Waals surface area (Å²) in [4.78, 5) is 17.2. The lowest BCUT2D eigenvalue weighted by atomic mass is 10.2. The molecule has 7 heteroatoms. The Hall–Kier alpha value is -2.80. The maximum atomic E-state index is 13.5. The van der Waals surface area contributed by atoms with E-state index in [0.717, 1.165) is 28.3 Å². The summed E-state index contributed by atoms with van der Waals surface area (Å²) in [5.41, 5.74) is 1.82. The number of carbonyl (C=O) groups is 1. The number of thiazole rings is 1. The molecule has 0 atom stereocenters. The predicted molar refractivity (Wildman–Crippen MR) is 92.8 cm³/mol. The van der Waals surface area contributed by atoms with Gasteiger partial charge in [0, 0.05) is 6.07 Å². The maximum Gasteiger partial charge on any atom is 0.264 e. The fourth-order valence-electron chi connectivity index (χ4n) is 2.20. The van der Waals surface area contributed by atoms with Crippen LogP contribution < -0.4 is 10.1 Å². The third kappa shape index (κ3) is 4.19. The number of ether oxygens (including phenoxy) is 1. The van der Waals surface area contributed by atoms with Crippen molar-refractivity contribution in [2.45, 2.75) is 6.92 Å². The van der Waals surface area contributed by atoms with Crippen LogP contribution in [0.4, 0.5) is 13.9 Å². The van der Waals surface area contributed by atoms with Gasteiger partial charge in [-0.3, -0.25) is 10.1 Å². The van der Waals surface area contributed by atoms with Crippen molar-refractivity contribution in [3.05, 3.63) is 65.9 Å². The van der Waals surface area contributed by atoms with E-state index in [1.807, 2.05) is 37.3 Å². The van der Waals surface area contributed by atoms with Gasteiger partial charge in [0.1, 0.15) is 5.82 Å². The molecule has 0 spiro atoms. The second kappa shape index (κ2) is 7.40. The zero-order chi connectivity index (χ0) is 17.8. The minimum atomic E-state index is -0.857. The maximum absolute atomic E-state index is 13.5. The number of nitrogens with zero attached hydrogens (tertiary/aromatic N) is 1. The van der Waals surface area contributed by atoms with Crippen LogP contribution in [0.5, 0.6) is 5.75 Å². The molecule has 1 aromatic heterocycles. The minimum absolute atomic E-state index is 0.183. The molecule has 3 aromatic rings. The van der Waals surface area contributed by atoms with E-state index in [-0.39, 0.29) is 5.75 Å². The van der Waals surface area contributed by atoms with Crippen LogP contribution in [0, 0.1) is 18.6 Å². The number of hydrogen-bond donors (Lipinski definition) is 1. The summed E-state index contributed by atoms with van der Waals surface area (Å²) in [6, 6.07) is 12.6. The number of amides is 1. The highest BCUT2D eigenvalue weighted by Crippen LogP contribution is 2.32. The monoisotopic (exact) mass is 360 g/mol. The second-order valence-corrected chi connectivity index (χ2v) is 6.21. The molecule has 1 heterocycles. The Morgan fingerprint density at radius 1 is 1.20 bits per heavy atom. The van der Waals surface area contributed by atoms with Gasteiger partial charge in [0.15, 0.2) is 23.3 Å². The first-order valence-corrected chi connectivity index (χ1v) is 8.25. The van der Waals surface area contributed by atoms with E-state index in [0.29, 0.717) is 11.2 Å². The molecular formula is C18H14F2N2O2S. The molecule has 0 aliphatic heterocycles. The van der Waals surface area contributed by atoms with Gasteiger partial charge in [0.25, 0.3) is 5.91 Å². The molecule has 2 aromatic carbocycles. The number of rotatable bonds is 5. The van der Waals surface area contributed by atoms with Gasteiger partial charge in [-0.2, -0.15) is 0 Å². The molecule has 25 heavy (non-hydrogen) atoms. The number of carbonyl (C=O) groups excluding carboxylic acids is 1. The summed E-state index contributed by atoms with van der Waals surface area (Å²) in [6.45, 7) is 1.46. The summed E-state index contributed by atoms with van der Waals surface area (Å²) in [7, 11) is 0. The molecule has 1 amide bonds. The predicted octanol–water partition coefficient (Wildman–Crippen LogP) is 4.41. The molecule has 4 nitrogen and oxygen atoms in total. The van der Waals surface area contributed by atoms with Gasteiger partial charge in [0.05, 0.1) is 10.6 Å². The molecule has 128 valence electrons. The molecule has 0 fully saturated rings. The lowest BCUT2D eigenvalue weighted by Crippen LogP contribution is -2.20. The number of benzene rings is 2. The van der Waals surface area contributed by atoms with Crippen molar-refractivity contribution >= 4 is 22.4 Å². The van der Waals surface area contributed by atoms with Crippen LogP contribution in [0.15, 0.2) is 48.5 Å². The quantitative estimate of drug-likeness (QED) is 0.733. The average Bonchev–Trinajstić information content (AvgIpc) is 2.95. The van der Waals surface area contributed by atoms with Gasteiger partial charge in [-0.1, -0.05) is 41.7 Å². The Kier molecular flexibility index (Phi) is 5.04. The van der Waals surface area contributed by atoms with Crippen molar-refractivity contribution in [1.29, 1.82) is 0 Å². The van der Waals surface area contributed by atoms with E-state index in [9.17, 15) is 13.6 Å². The standard InChI is InChI=1S/C18H14F2N2O2S/c1-11-17(12-5-3-2-4-6-12)25-18(21-11)22-16(23)10-24-15-8-7-13(19)9-14(15)20/h2-9H,10H2,1H3,(H,21,22,23). The summed E-state index contributed by atoms with van der Waals surface area (Å²) in [5.74, 6) is -2.22. The van der Waals surface area contributed by atoms with Gasteiger partial charge in [0.2, 0.25) is 0 Å². The van der Waals surface area contributed by atoms with Gasteiger partial charge >= 0.3 is 0 Å². The van der Waals surface area contributed by atoms with Crippen LogP contribution in [0.1, 0.15) is 5.69 Å². The normalized spacial score (nSPS) is 10.5. The number of aromatic nitrogens is 1. The first-order chi connectivity index (χ1) is 12.0. The summed E-state index contributed by atoms with van der Waals surface area (Å²) in [6.07, 6.45) is 0. The smallest absolute Gasteiger partial charge is 0.264 e. The van der Waals surface area contributed by atoms with Gasteiger partial charge in [-0.15, -0.1) is 0 Å². The third-order valence-electron chi connectivity index (χ3n) is 3.33. The molecule has 0 radical (unpaired) electrons. The van der Waals surface area contributed by atoms with Crippen LogP contribution in [-0.4, -0.2) is 17.5 Å². The van der Waals surface area contributed by atoms with Gasteiger partial charge < -0.3 is 4.74 Å². The van der Waals surface area contributed by atoms with Crippen molar-refractivity contribution in [2.75, 3.05) is 11.9 Å². The summed E-state index contributed by atoms with van der Waals surface area (Å²) < 4.78 is 31.4. The zero-order valence-electron chi connectivity index (χ0n) is 13.3. The largest absolute Gasteiger partial charge is 0.481 e. The van der Waals surface area contributed by atoms with Crippen LogP contribution in [-0.2, 0) is 4.79 Å². The summed E-state index contributed by atoms with van der Waals surface area (Å²) in [5, 5.41) is 3.06. The lowest BCUT2D eigenvalue weighted by Gasteiger charge is -2.06. The van der Waals surface area contributed by atoms with E-state index in [4.69, 9.17) is 4.74 Å². The van der Waals surface area contributed by atoms with Crippen molar-refractivity contribution in [3.8, 4) is 16.2 Å². The van der Waals surface area contributed by atoms with E-state index in [1.54, 1.807) is 0 Å². The Balaban J connectivity index is 1.63. The Labute approximate surface area is 147 Å². The zero-order valence-corrected chi connectivity index (χ0v) is 14.1. The molecule has 0 aliphatic rings. The first kappa shape index (κ1) is 17.0. The number of hydrogen-bond acceptors (Lipinski definition) is 4. The highest BCUT2D eigenvalue weighted by atomic mass is 32.1. The Morgan fingerprint density at radius 3 is 2.68 bits per heavy atom. The van der Waals surface area contributed by atoms with Crippen LogP contribution in [0.25, 0.3) is 10.4 Å². The van der Waals surface area contributed by atoms with Crippen molar-refractivity contribution in [1.82, 2.24) is 4.98 Å².